The molecule has 0 aliphatic rings. The summed E-state index contributed by atoms with van der Waals surface area (Å²) in [6, 6.07) is 18.0. The fourth-order valence-electron chi connectivity index (χ4n) is 2.49. The van der Waals surface area contributed by atoms with Crippen molar-refractivity contribution < 1.29 is 17.6 Å². The van der Waals surface area contributed by atoms with Crippen LogP contribution in [0.5, 0.6) is 0 Å². The van der Waals surface area contributed by atoms with Crippen molar-refractivity contribution in [3.8, 4) is 11.1 Å². The van der Waals surface area contributed by atoms with Crippen LogP contribution in [0, 0.1) is 0 Å². The van der Waals surface area contributed by atoms with Gasteiger partial charge in [0.25, 0.3) is 5.91 Å². The summed E-state index contributed by atoms with van der Waals surface area (Å²) in [6.07, 6.45) is 2.51. The zero-order chi connectivity index (χ0) is 18.7. The first kappa shape index (κ1) is 17.8. The molecular formula is C19H18N2O4S. The van der Waals surface area contributed by atoms with Crippen molar-refractivity contribution in [1.29, 1.82) is 0 Å². The van der Waals surface area contributed by atoms with Gasteiger partial charge in [0.05, 0.1) is 23.9 Å². The second-order valence-electron chi connectivity index (χ2n) is 5.76. The van der Waals surface area contributed by atoms with Crippen LogP contribution in [-0.2, 0) is 10.0 Å². The number of nitrogens with zero attached hydrogens (tertiary/aromatic N) is 1. The Balaban J connectivity index is 2.05. The number of nitrogens with one attached hydrogen (secondary N) is 1. The SMILES string of the molecule is CN(c1ccc(-c2ccccc2)cc1NC(=O)c1ccco1)S(C)(=O)=O. The van der Waals surface area contributed by atoms with E-state index < -0.39 is 15.9 Å². The second kappa shape index (κ2) is 7.05. The summed E-state index contributed by atoms with van der Waals surface area (Å²) in [4.78, 5) is 12.4. The summed E-state index contributed by atoms with van der Waals surface area (Å²) in [6.45, 7) is 0. The molecular weight excluding hydrogens is 352 g/mol. The number of carbonyl (C=O) groups excluding carboxylic acids is 1. The highest BCUT2D eigenvalue weighted by atomic mass is 32.2. The molecule has 1 aromatic heterocycles. The Morgan fingerprint density at radius 2 is 1.73 bits per heavy atom. The monoisotopic (exact) mass is 370 g/mol. The fourth-order valence-corrected chi connectivity index (χ4v) is 3.01. The topological polar surface area (TPSA) is 79.6 Å². The molecule has 1 heterocycles. The minimum Gasteiger partial charge on any atom is -0.459 e. The Morgan fingerprint density at radius 1 is 1.00 bits per heavy atom. The quantitative estimate of drug-likeness (QED) is 0.744. The van der Waals surface area contributed by atoms with E-state index in [0.29, 0.717) is 11.4 Å². The Bertz CT molecular complexity index is 1010. The van der Waals surface area contributed by atoms with E-state index in [9.17, 15) is 13.2 Å². The Labute approximate surface area is 152 Å². The third kappa shape index (κ3) is 3.78. The molecule has 1 amide bonds. The van der Waals surface area contributed by atoms with Gasteiger partial charge in [0, 0.05) is 7.05 Å². The number of hydrogen-bond acceptors (Lipinski definition) is 4. The maximum atomic E-state index is 12.4. The van der Waals surface area contributed by atoms with Crippen LogP contribution in [0.1, 0.15) is 10.6 Å². The van der Waals surface area contributed by atoms with Crippen LogP contribution in [0.3, 0.4) is 0 Å². The third-order valence-electron chi connectivity index (χ3n) is 3.93. The van der Waals surface area contributed by atoms with Crippen LogP contribution < -0.4 is 9.62 Å². The molecule has 0 aliphatic carbocycles. The lowest BCUT2D eigenvalue weighted by Crippen LogP contribution is -2.26. The van der Waals surface area contributed by atoms with E-state index in [1.807, 2.05) is 36.4 Å². The van der Waals surface area contributed by atoms with Crippen molar-refractivity contribution in [3.63, 3.8) is 0 Å². The Morgan fingerprint density at radius 3 is 2.35 bits per heavy atom. The van der Waals surface area contributed by atoms with Crippen LogP contribution in [-0.4, -0.2) is 27.6 Å². The van der Waals surface area contributed by atoms with Gasteiger partial charge in [-0.05, 0) is 35.4 Å². The van der Waals surface area contributed by atoms with Gasteiger partial charge >= 0.3 is 0 Å². The predicted molar refractivity (Wildman–Crippen MR) is 102 cm³/mol. The van der Waals surface area contributed by atoms with Gasteiger partial charge in [0.2, 0.25) is 10.0 Å². The van der Waals surface area contributed by atoms with Gasteiger partial charge in [-0.2, -0.15) is 0 Å². The van der Waals surface area contributed by atoms with Crippen molar-refractivity contribution in [2.45, 2.75) is 0 Å². The van der Waals surface area contributed by atoms with Crippen LogP contribution in [0.2, 0.25) is 0 Å². The molecule has 0 fully saturated rings. The van der Waals surface area contributed by atoms with E-state index >= 15 is 0 Å². The van der Waals surface area contributed by atoms with Crippen LogP contribution in [0.15, 0.2) is 71.3 Å². The molecule has 7 heteroatoms. The number of anilines is 2. The molecule has 26 heavy (non-hydrogen) atoms. The first-order valence-corrected chi connectivity index (χ1v) is 9.69. The van der Waals surface area contributed by atoms with Gasteiger partial charge in [0.15, 0.2) is 5.76 Å². The van der Waals surface area contributed by atoms with Crippen molar-refractivity contribution in [1.82, 2.24) is 0 Å². The summed E-state index contributed by atoms with van der Waals surface area (Å²) in [7, 11) is -2.05. The molecule has 0 radical (unpaired) electrons. The van der Waals surface area contributed by atoms with Gasteiger partial charge in [-0.1, -0.05) is 36.4 Å². The fraction of sp³-hybridized carbons (Fsp3) is 0.105. The number of carbonyl (C=O) groups is 1. The van der Waals surface area contributed by atoms with E-state index in [1.165, 1.54) is 19.4 Å². The molecule has 0 atom stereocenters. The average Bonchev–Trinajstić information content (AvgIpc) is 3.16. The summed E-state index contributed by atoms with van der Waals surface area (Å²) in [5, 5.41) is 2.74. The molecule has 6 nitrogen and oxygen atoms in total. The summed E-state index contributed by atoms with van der Waals surface area (Å²) >= 11 is 0. The van der Waals surface area contributed by atoms with E-state index in [0.717, 1.165) is 21.7 Å². The summed E-state index contributed by atoms with van der Waals surface area (Å²) < 4.78 is 30.1. The highest BCUT2D eigenvalue weighted by Gasteiger charge is 2.19. The number of benzene rings is 2. The van der Waals surface area contributed by atoms with Crippen molar-refractivity contribution in [3.05, 3.63) is 72.7 Å². The maximum Gasteiger partial charge on any atom is 0.291 e. The highest BCUT2D eigenvalue weighted by Crippen LogP contribution is 2.32. The molecule has 134 valence electrons. The molecule has 3 rings (SSSR count). The van der Waals surface area contributed by atoms with Crippen molar-refractivity contribution in [2.75, 3.05) is 22.9 Å². The molecule has 0 unspecified atom stereocenters. The summed E-state index contributed by atoms with van der Waals surface area (Å²) in [5.41, 5.74) is 2.55. The van der Waals surface area contributed by atoms with Gasteiger partial charge in [-0.3, -0.25) is 9.10 Å². The lowest BCUT2D eigenvalue weighted by Gasteiger charge is -2.21. The van der Waals surface area contributed by atoms with Gasteiger partial charge < -0.3 is 9.73 Å². The molecule has 3 aromatic rings. The molecule has 1 N–H and O–H groups in total. The van der Waals surface area contributed by atoms with Crippen LogP contribution in [0.25, 0.3) is 11.1 Å². The zero-order valence-electron chi connectivity index (χ0n) is 14.3. The Kier molecular flexibility index (Phi) is 4.81. The van der Waals surface area contributed by atoms with Gasteiger partial charge in [0.1, 0.15) is 0 Å². The number of sulfonamides is 1. The normalized spacial score (nSPS) is 11.2. The molecule has 0 aliphatic heterocycles. The third-order valence-corrected chi connectivity index (χ3v) is 5.13. The number of hydrogen-bond donors (Lipinski definition) is 1. The average molecular weight is 370 g/mol. The van der Waals surface area contributed by atoms with E-state index in [4.69, 9.17) is 4.42 Å². The molecule has 2 aromatic carbocycles. The molecule has 0 saturated carbocycles. The predicted octanol–water partition coefficient (Wildman–Crippen LogP) is 3.59. The van der Waals surface area contributed by atoms with Crippen LogP contribution in [0.4, 0.5) is 11.4 Å². The number of amides is 1. The van der Waals surface area contributed by atoms with Gasteiger partial charge in [-0.15, -0.1) is 0 Å². The summed E-state index contributed by atoms with van der Waals surface area (Å²) in [5.74, 6) is -0.313. The zero-order valence-corrected chi connectivity index (χ0v) is 15.2. The number of rotatable bonds is 5. The van der Waals surface area contributed by atoms with E-state index in [1.54, 1.807) is 18.2 Å². The van der Waals surface area contributed by atoms with E-state index in [2.05, 4.69) is 5.32 Å². The molecule has 0 spiro atoms. The lowest BCUT2D eigenvalue weighted by molar-refractivity contribution is 0.0996. The van der Waals surface area contributed by atoms with E-state index in [-0.39, 0.29) is 5.76 Å². The maximum absolute atomic E-state index is 12.4. The van der Waals surface area contributed by atoms with Crippen molar-refractivity contribution in [2.24, 2.45) is 0 Å². The van der Waals surface area contributed by atoms with Crippen LogP contribution >= 0.6 is 0 Å². The second-order valence-corrected chi connectivity index (χ2v) is 7.77. The molecule has 0 saturated heterocycles. The first-order chi connectivity index (χ1) is 12.4. The molecule has 0 bridgehead atoms. The number of furan rings is 1. The lowest BCUT2D eigenvalue weighted by atomic mass is 10.0. The smallest absolute Gasteiger partial charge is 0.291 e. The Hall–Kier alpha value is -3.06. The largest absolute Gasteiger partial charge is 0.459 e. The van der Waals surface area contributed by atoms with Crippen molar-refractivity contribution >= 4 is 27.3 Å². The first-order valence-electron chi connectivity index (χ1n) is 7.84. The minimum atomic E-state index is -3.49. The minimum absolute atomic E-state index is 0.142. The van der Waals surface area contributed by atoms with Gasteiger partial charge in [-0.25, -0.2) is 8.42 Å². The highest BCUT2D eigenvalue weighted by molar-refractivity contribution is 7.92. The standard InChI is InChI=1S/C19H18N2O4S/c1-21(26(2,23)24)17-11-10-15(14-7-4-3-5-8-14)13-16(17)20-19(22)18-9-6-12-25-18/h3-13H,1-2H3,(H,20,22).